The van der Waals surface area contributed by atoms with Crippen LogP contribution in [0.25, 0.3) is 0 Å². The Morgan fingerprint density at radius 2 is 1.18 bits per heavy atom. The van der Waals surface area contributed by atoms with E-state index in [-0.39, 0.29) is 91.9 Å². The fraction of sp³-hybridized carbons (Fsp3) is 0.500. The van der Waals surface area contributed by atoms with Gasteiger partial charge in [0.25, 0.3) is 0 Å². The van der Waals surface area contributed by atoms with E-state index in [1.807, 2.05) is 0 Å². The van der Waals surface area contributed by atoms with Crippen LogP contribution in [0.2, 0.25) is 0 Å². The number of carbonyl (C=O) groups is 2. The molecule has 0 aliphatic rings. The Labute approximate surface area is 122 Å². The minimum atomic E-state index is -1.08. The van der Waals surface area contributed by atoms with Gasteiger partial charge in [-0.05, 0) is 0 Å². The smallest absolute Gasteiger partial charge is 1.00 e. The van der Waals surface area contributed by atoms with Crippen molar-refractivity contribution in [2.45, 2.75) is 12.8 Å². The van der Waals surface area contributed by atoms with Crippen molar-refractivity contribution in [3.05, 3.63) is 0 Å². The molecular formula is C4H8CuNa2O4. The Balaban J connectivity index is -0.0000000245. The Morgan fingerprint density at radius 3 is 1.27 bits per heavy atom. The van der Waals surface area contributed by atoms with Crippen LogP contribution in [-0.2, 0) is 26.7 Å². The quantitative estimate of drug-likeness (QED) is 0.473. The van der Waals surface area contributed by atoms with Crippen LogP contribution in [0.1, 0.15) is 15.7 Å². The minimum absolute atomic E-state index is 0. The summed E-state index contributed by atoms with van der Waals surface area (Å²) >= 11 is 0. The maximum absolute atomic E-state index is 9.64. The molecule has 4 nitrogen and oxygen atoms in total. The molecule has 2 N–H and O–H groups in total. The van der Waals surface area contributed by atoms with E-state index in [0.29, 0.717) is 0 Å². The van der Waals surface area contributed by atoms with Gasteiger partial charge < -0.3 is 13.1 Å². The molecule has 0 aromatic carbocycles. The number of carboxylic acids is 2. The molecule has 0 heterocycles. The Bertz CT molecular complexity index is 113. The molecule has 11 heavy (non-hydrogen) atoms. The Hall–Kier alpha value is 1.46. The summed E-state index contributed by atoms with van der Waals surface area (Å²) in [5, 5.41) is 15.8. The molecule has 0 aliphatic heterocycles. The van der Waals surface area contributed by atoms with Crippen molar-refractivity contribution in [3.8, 4) is 0 Å². The first kappa shape index (κ1) is 22.9. The van der Waals surface area contributed by atoms with E-state index >= 15 is 0 Å². The first-order valence-corrected chi connectivity index (χ1v) is 2.06. The molecule has 0 amide bonds. The summed E-state index contributed by atoms with van der Waals surface area (Å²) in [5.41, 5.74) is 0. The van der Waals surface area contributed by atoms with Crippen LogP contribution in [-0.4, -0.2) is 22.2 Å². The molecule has 0 fully saturated rings. The molecular weight excluding hydrogens is 222 g/mol. The average molecular weight is 230 g/mol. The molecule has 0 spiro atoms. The second-order valence-corrected chi connectivity index (χ2v) is 1.29. The Kier molecular flexibility index (Phi) is 29.1. The van der Waals surface area contributed by atoms with Crippen molar-refractivity contribution in [1.82, 2.24) is 0 Å². The van der Waals surface area contributed by atoms with Crippen molar-refractivity contribution in [2.24, 2.45) is 0 Å². The molecule has 0 bridgehead atoms. The van der Waals surface area contributed by atoms with Crippen LogP contribution in [0.5, 0.6) is 0 Å². The van der Waals surface area contributed by atoms with E-state index in [0.717, 1.165) is 0 Å². The molecule has 0 unspecified atom stereocenters. The van der Waals surface area contributed by atoms with Crippen LogP contribution in [0.4, 0.5) is 0 Å². The van der Waals surface area contributed by atoms with Crippen molar-refractivity contribution in [1.29, 1.82) is 0 Å². The van der Waals surface area contributed by atoms with Crippen LogP contribution in [0.3, 0.4) is 0 Å². The molecule has 0 rings (SSSR count). The van der Waals surface area contributed by atoms with Gasteiger partial charge in [-0.1, -0.05) is 0 Å². The van der Waals surface area contributed by atoms with Crippen LogP contribution in [0, 0.1) is 0 Å². The summed E-state index contributed by atoms with van der Waals surface area (Å²) in [6.07, 6.45) is -0.593. The van der Waals surface area contributed by atoms with E-state index in [1.165, 1.54) is 0 Å². The first-order valence-electron chi connectivity index (χ1n) is 2.06. The Morgan fingerprint density at radius 1 is 1.00 bits per heavy atom. The van der Waals surface area contributed by atoms with Gasteiger partial charge in [-0.3, -0.25) is 9.59 Å². The van der Waals surface area contributed by atoms with Gasteiger partial charge in [0.1, 0.15) is 0 Å². The number of hydrogen-bond acceptors (Lipinski definition) is 2. The number of hydrogen-bond donors (Lipinski definition) is 2. The van der Waals surface area contributed by atoms with E-state index < -0.39 is 11.9 Å². The van der Waals surface area contributed by atoms with E-state index in [2.05, 4.69) is 0 Å². The molecule has 0 aromatic rings. The molecule has 0 saturated heterocycles. The van der Waals surface area contributed by atoms with Crippen LogP contribution >= 0.6 is 0 Å². The van der Waals surface area contributed by atoms with Crippen LogP contribution < -0.4 is 59.1 Å². The van der Waals surface area contributed by atoms with Gasteiger partial charge in [0.05, 0.1) is 12.8 Å². The van der Waals surface area contributed by atoms with Crippen LogP contribution in [0.15, 0.2) is 0 Å². The largest absolute Gasteiger partial charge is 1.00 e. The molecule has 0 aromatic heterocycles. The summed E-state index contributed by atoms with van der Waals surface area (Å²) in [4.78, 5) is 19.3. The standard InChI is InChI=1S/C4H6O4.Cu.2Na.2H/c5-3(6)1-2-4(7)8;;;;;/h1-2H2,(H,5,6)(H,7,8);;;;;/q;;2*+1;2*-1. The van der Waals surface area contributed by atoms with Crippen molar-refractivity contribution < 1.29 is 98.8 Å². The minimum Gasteiger partial charge on any atom is -1.00 e. The fourth-order valence-electron chi connectivity index (χ4n) is 0.214. The molecule has 7 heteroatoms. The van der Waals surface area contributed by atoms with Crippen molar-refractivity contribution in [3.63, 3.8) is 0 Å². The van der Waals surface area contributed by atoms with Gasteiger partial charge in [0.15, 0.2) is 0 Å². The van der Waals surface area contributed by atoms with E-state index in [9.17, 15) is 9.59 Å². The monoisotopic (exact) mass is 229 g/mol. The van der Waals surface area contributed by atoms with Gasteiger partial charge in [-0.15, -0.1) is 0 Å². The third-order valence-corrected chi connectivity index (χ3v) is 0.553. The normalized spacial score (nSPS) is 6.18. The second-order valence-electron chi connectivity index (χ2n) is 1.29. The topological polar surface area (TPSA) is 74.6 Å². The predicted octanol–water partition coefficient (Wildman–Crippen LogP) is -5.83. The number of rotatable bonds is 3. The summed E-state index contributed by atoms with van der Waals surface area (Å²) in [6, 6.07) is 0. The van der Waals surface area contributed by atoms with Gasteiger partial charge in [0.2, 0.25) is 0 Å². The summed E-state index contributed by atoms with van der Waals surface area (Å²) < 4.78 is 0. The molecule has 0 aliphatic carbocycles. The fourth-order valence-corrected chi connectivity index (χ4v) is 0.214. The third kappa shape index (κ3) is 24.6. The first-order chi connectivity index (χ1) is 3.63. The summed E-state index contributed by atoms with van der Waals surface area (Å²) in [7, 11) is 0. The third-order valence-electron chi connectivity index (χ3n) is 0.553. The predicted molar refractivity (Wildman–Crippen MR) is 26.7 cm³/mol. The summed E-state index contributed by atoms with van der Waals surface area (Å²) in [5.74, 6) is -2.15. The van der Waals surface area contributed by atoms with Crippen molar-refractivity contribution in [2.75, 3.05) is 0 Å². The van der Waals surface area contributed by atoms with E-state index in [4.69, 9.17) is 10.2 Å². The number of carboxylic acid groups (broad SMARTS) is 2. The van der Waals surface area contributed by atoms with Gasteiger partial charge >= 0.3 is 71.1 Å². The SMILES string of the molecule is O=C(O)CCC(=O)O.[Cu].[H-].[H-].[Na+].[Na+]. The second kappa shape index (κ2) is 14.0. The van der Waals surface area contributed by atoms with Gasteiger partial charge in [-0.25, -0.2) is 0 Å². The molecule has 1 radical (unpaired) electrons. The van der Waals surface area contributed by atoms with Gasteiger partial charge in [0, 0.05) is 17.1 Å². The van der Waals surface area contributed by atoms with E-state index in [1.54, 1.807) is 0 Å². The molecule has 0 saturated carbocycles. The molecule has 0 atom stereocenters. The zero-order valence-corrected chi connectivity index (χ0v) is 11.4. The zero-order chi connectivity index (χ0) is 6.57. The van der Waals surface area contributed by atoms with Crippen molar-refractivity contribution >= 4 is 11.9 Å². The molecule has 61 valence electrons. The average Bonchev–Trinajstić information content (AvgIpc) is 1.61. The number of aliphatic carboxylic acids is 2. The summed E-state index contributed by atoms with van der Waals surface area (Å²) in [6.45, 7) is 0. The maximum atomic E-state index is 9.64. The maximum Gasteiger partial charge on any atom is 1.00 e. The van der Waals surface area contributed by atoms with Gasteiger partial charge in [-0.2, -0.15) is 0 Å². The zero-order valence-electron chi connectivity index (χ0n) is 8.43.